The third kappa shape index (κ3) is 2.75. The molecule has 0 bridgehead atoms. The zero-order valence-corrected chi connectivity index (χ0v) is 12.5. The molecule has 3 rings (SSSR count). The van der Waals surface area contributed by atoms with E-state index in [4.69, 9.17) is 16.5 Å². The Bertz CT molecular complexity index is 543. The molecule has 1 aromatic rings. The van der Waals surface area contributed by atoms with Crippen LogP contribution in [-0.2, 0) is 24.2 Å². The molecule has 5 heteroatoms. The predicted octanol–water partition coefficient (Wildman–Crippen LogP) is 1.26. The molecule has 2 heterocycles. The first kappa shape index (κ1) is 14.3. The van der Waals surface area contributed by atoms with Crippen LogP contribution in [0.3, 0.4) is 0 Å². The number of aryl methyl sites for hydroxylation is 2. The summed E-state index contributed by atoms with van der Waals surface area (Å²) in [4.78, 5) is 18.7. The quantitative estimate of drug-likeness (QED) is 0.877. The van der Waals surface area contributed by atoms with E-state index in [0.29, 0.717) is 6.54 Å². The molecule has 1 fully saturated rings. The summed E-state index contributed by atoms with van der Waals surface area (Å²) < 4.78 is 0. The number of amides is 1. The Morgan fingerprint density at radius 3 is 2.86 bits per heavy atom. The van der Waals surface area contributed by atoms with Gasteiger partial charge in [0.15, 0.2) is 0 Å². The van der Waals surface area contributed by atoms with Crippen LogP contribution >= 0.6 is 0 Å². The standard InChI is InChI=1S/C16H24N4O/c17-10-12-9-11-5-1-2-6-13(11)19-16(12)20-8-4-3-7-14(20)15(18)21/h9,14H,1-8,10,17H2,(H2,18,21). The van der Waals surface area contributed by atoms with Crippen LogP contribution < -0.4 is 16.4 Å². The van der Waals surface area contributed by atoms with Gasteiger partial charge in [0.1, 0.15) is 11.9 Å². The smallest absolute Gasteiger partial charge is 0.240 e. The van der Waals surface area contributed by atoms with Gasteiger partial charge in [-0.15, -0.1) is 0 Å². The summed E-state index contributed by atoms with van der Waals surface area (Å²) >= 11 is 0. The van der Waals surface area contributed by atoms with Crippen molar-refractivity contribution < 1.29 is 4.79 Å². The average molecular weight is 288 g/mol. The Morgan fingerprint density at radius 1 is 1.29 bits per heavy atom. The van der Waals surface area contributed by atoms with Crippen molar-refractivity contribution in [1.29, 1.82) is 0 Å². The number of rotatable bonds is 3. The first-order valence-corrected chi connectivity index (χ1v) is 7.98. The fourth-order valence-electron chi connectivity index (χ4n) is 3.55. The lowest BCUT2D eigenvalue weighted by atomic mass is 9.94. The summed E-state index contributed by atoms with van der Waals surface area (Å²) in [6.45, 7) is 1.30. The van der Waals surface area contributed by atoms with Crippen molar-refractivity contribution in [1.82, 2.24) is 4.98 Å². The van der Waals surface area contributed by atoms with E-state index in [0.717, 1.165) is 50.0 Å². The van der Waals surface area contributed by atoms with Gasteiger partial charge in [0.05, 0.1) is 0 Å². The molecular formula is C16H24N4O. The molecule has 21 heavy (non-hydrogen) atoms. The van der Waals surface area contributed by atoms with Crippen molar-refractivity contribution in [3.05, 3.63) is 22.9 Å². The second kappa shape index (κ2) is 6.02. The number of fused-ring (bicyclic) bond motifs is 1. The van der Waals surface area contributed by atoms with Gasteiger partial charge >= 0.3 is 0 Å². The SMILES string of the molecule is NCc1cc2c(nc1N1CCCCC1C(N)=O)CCCC2. The number of anilines is 1. The summed E-state index contributed by atoms with van der Waals surface area (Å²) in [6, 6.07) is 1.96. The molecule has 0 radical (unpaired) electrons. The highest BCUT2D eigenvalue weighted by Crippen LogP contribution is 2.30. The molecular weight excluding hydrogens is 264 g/mol. The first-order chi connectivity index (χ1) is 10.2. The fourth-order valence-corrected chi connectivity index (χ4v) is 3.55. The van der Waals surface area contributed by atoms with Gasteiger partial charge in [-0.3, -0.25) is 4.79 Å². The number of nitrogens with two attached hydrogens (primary N) is 2. The largest absolute Gasteiger partial charge is 0.368 e. The van der Waals surface area contributed by atoms with Gasteiger partial charge in [-0.1, -0.05) is 0 Å². The van der Waals surface area contributed by atoms with Gasteiger partial charge in [0, 0.05) is 24.3 Å². The third-order valence-corrected chi connectivity index (χ3v) is 4.68. The normalized spacial score (nSPS) is 22.0. The monoisotopic (exact) mass is 288 g/mol. The molecule has 1 aliphatic carbocycles. The number of piperidine rings is 1. The molecule has 5 nitrogen and oxygen atoms in total. The van der Waals surface area contributed by atoms with E-state index >= 15 is 0 Å². The van der Waals surface area contributed by atoms with Crippen LogP contribution in [-0.4, -0.2) is 23.5 Å². The summed E-state index contributed by atoms with van der Waals surface area (Å²) in [5, 5.41) is 0. The maximum absolute atomic E-state index is 11.7. The van der Waals surface area contributed by atoms with E-state index < -0.39 is 0 Å². The van der Waals surface area contributed by atoms with Crippen molar-refractivity contribution in [2.24, 2.45) is 11.5 Å². The fraction of sp³-hybridized carbons (Fsp3) is 0.625. The van der Waals surface area contributed by atoms with E-state index in [9.17, 15) is 4.79 Å². The molecule has 1 saturated heterocycles. The Labute approximate surface area is 125 Å². The molecule has 0 saturated carbocycles. The molecule has 114 valence electrons. The Kier molecular flexibility index (Phi) is 4.10. The highest BCUT2D eigenvalue weighted by atomic mass is 16.1. The van der Waals surface area contributed by atoms with Crippen LogP contribution in [0.5, 0.6) is 0 Å². The molecule has 0 aromatic carbocycles. The minimum atomic E-state index is -0.253. The van der Waals surface area contributed by atoms with Gasteiger partial charge in [0.2, 0.25) is 5.91 Å². The Morgan fingerprint density at radius 2 is 2.10 bits per heavy atom. The number of hydrogen-bond acceptors (Lipinski definition) is 4. The lowest BCUT2D eigenvalue weighted by Crippen LogP contribution is -2.48. The predicted molar refractivity (Wildman–Crippen MR) is 82.9 cm³/mol. The van der Waals surface area contributed by atoms with Gasteiger partial charge in [-0.25, -0.2) is 4.98 Å². The molecule has 1 amide bonds. The number of pyridine rings is 1. The van der Waals surface area contributed by atoms with Crippen LogP contribution in [0.15, 0.2) is 6.07 Å². The van der Waals surface area contributed by atoms with E-state index in [1.54, 1.807) is 0 Å². The van der Waals surface area contributed by atoms with Crippen LogP contribution in [0.4, 0.5) is 5.82 Å². The maximum atomic E-state index is 11.7. The molecule has 2 aliphatic rings. The van der Waals surface area contributed by atoms with Crippen molar-refractivity contribution >= 4 is 11.7 Å². The zero-order valence-electron chi connectivity index (χ0n) is 12.5. The maximum Gasteiger partial charge on any atom is 0.240 e. The lowest BCUT2D eigenvalue weighted by molar-refractivity contribution is -0.119. The van der Waals surface area contributed by atoms with Gasteiger partial charge in [0.25, 0.3) is 0 Å². The molecule has 1 aromatic heterocycles. The number of nitrogens with zero attached hydrogens (tertiary/aromatic N) is 2. The van der Waals surface area contributed by atoms with Crippen LogP contribution in [0.2, 0.25) is 0 Å². The highest BCUT2D eigenvalue weighted by Gasteiger charge is 2.30. The Balaban J connectivity index is 2.01. The summed E-state index contributed by atoms with van der Waals surface area (Å²) in [6.07, 6.45) is 7.49. The second-order valence-electron chi connectivity index (χ2n) is 6.10. The number of hydrogen-bond donors (Lipinski definition) is 2. The van der Waals surface area contributed by atoms with Crippen molar-refractivity contribution in [2.75, 3.05) is 11.4 Å². The summed E-state index contributed by atoms with van der Waals surface area (Å²) in [5.41, 5.74) is 15.1. The molecule has 0 spiro atoms. The zero-order chi connectivity index (χ0) is 14.8. The minimum absolute atomic E-state index is 0.238. The number of primary amides is 1. The molecule has 1 atom stereocenters. The van der Waals surface area contributed by atoms with Crippen molar-refractivity contribution in [2.45, 2.75) is 57.5 Å². The lowest BCUT2D eigenvalue weighted by Gasteiger charge is -2.36. The van der Waals surface area contributed by atoms with Crippen molar-refractivity contribution in [3.8, 4) is 0 Å². The van der Waals surface area contributed by atoms with E-state index in [1.807, 2.05) is 0 Å². The van der Waals surface area contributed by atoms with Gasteiger partial charge in [-0.2, -0.15) is 0 Å². The van der Waals surface area contributed by atoms with Gasteiger partial charge in [-0.05, 0) is 56.6 Å². The van der Waals surface area contributed by atoms with Crippen LogP contribution in [0.25, 0.3) is 0 Å². The van der Waals surface area contributed by atoms with Gasteiger partial charge < -0.3 is 16.4 Å². The minimum Gasteiger partial charge on any atom is -0.368 e. The number of aromatic nitrogens is 1. The van der Waals surface area contributed by atoms with E-state index in [-0.39, 0.29) is 11.9 Å². The molecule has 1 aliphatic heterocycles. The first-order valence-electron chi connectivity index (χ1n) is 7.98. The topological polar surface area (TPSA) is 85.2 Å². The van der Waals surface area contributed by atoms with Crippen molar-refractivity contribution in [3.63, 3.8) is 0 Å². The van der Waals surface area contributed by atoms with E-state index in [2.05, 4.69) is 11.0 Å². The summed E-state index contributed by atoms with van der Waals surface area (Å²) in [7, 11) is 0. The van der Waals surface area contributed by atoms with Crippen LogP contribution in [0, 0.1) is 0 Å². The number of carbonyl (C=O) groups excluding carboxylic acids is 1. The molecule has 1 unspecified atom stereocenters. The Hall–Kier alpha value is -1.62. The molecule has 4 N–H and O–H groups in total. The second-order valence-corrected chi connectivity index (χ2v) is 6.10. The third-order valence-electron chi connectivity index (χ3n) is 4.68. The summed E-state index contributed by atoms with van der Waals surface area (Å²) in [5.74, 6) is 0.638. The highest BCUT2D eigenvalue weighted by molar-refractivity contribution is 5.83. The number of carbonyl (C=O) groups is 1. The van der Waals surface area contributed by atoms with E-state index in [1.165, 1.54) is 24.1 Å². The van der Waals surface area contributed by atoms with Crippen LogP contribution in [0.1, 0.15) is 48.9 Å². The average Bonchev–Trinajstić information content (AvgIpc) is 2.53.